The lowest BCUT2D eigenvalue weighted by Gasteiger charge is -2.33. The zero-order valence-corrected chi connectivity index (χ0v) is 15.9. The van der Waals surface area contributed by atoms with Crippen LogP contribution >= 0.6 is 22.9 Å². The highest BCUT2D eigenvalue weighted by atomic mass is 35.5. The summed E-state index contributed by atoms with van der Waals surface area (Å²) in [5.74, 6) is 0. The first-order valence-electron chi connectivity index (χ1n) is 8.07. The van der Waals surface area contributed by atoms with Gasteiger partial charge in [0.2, 0.25) is 0 Å². The highest BCUT2D eigenvalue weighted by molar-refractivity contribution is 7.91. The Balaban J connectivity index is 1.43. The van der Waals surface area contributed by atoms with Crippen LogP contribution in [0.15, 0.2) is 46.8 Å². The van der Waals surface area contributed by atoms with Crippen molar-refractivity contribution >= 4 is 43.9 Å². The molecule has 132 valence electrons. The van der Waals surface area contributed by atoms with Gasteiger partial charge in [-0.25, -0.2) is 8.42 Å². The van der Waals surface area contributed by atoms with Crippen LogP contribution in [-0.4, -0.2) is 48.8 Å². The molecule has 3 heterocycles. The summed E-state index contributed by atoms with van der Waals surface area (Å²) in [7, 11) is -3.43. The predicted molar refractivity (Wildman–Crippen MR) is 102 cm³/mol. The van der Waals surface area contributed by atoms with Crippen molar-refractivity contribution in [3.8, 4) is 0 Å². The van der Waals surface area contributed by atoms with Gasteiger partial charge in [-0.05, 0) is 23.8 Å². The predicted octanol–water partition coefficient (Wildman–Crippen LogP) is 3.39. The number of aromatic nitrogens is 1. The van der Waals surface area contributed by atoms with Gasteiger partial charge in [0.05, 0.1) is 4.34 Å². The van der Waals surface area contributed by atoms with E-state index >= 15 is 0 Å². The van der Waals surface area contributed by atoms with E-state index in [1.807, 2.05) is 18.3 Å². The number of nitrogens with zero attached hydrogens (tertiary/aromatic N) is 2. The summed E-state index contributed by atoms with van der Waals surface area (Å²) < 4.78 is 27.7. The SMILES string of the molecule is O=S(=O)(c1ccc(Cl)s1)N1CCN(Cc2c[nH]c3ccccc23)CC1. The molecule has 0 saturated carbocycles. The Kier molecular flexibility index (Phi) is 4.59. The van der Waals surface area contributed by atoms with E-state index in [1.165, 1.54) is 10.9 Å². The number of sulfonamides is 1. The van der Waals surface area contributed by atoms with Crippen LogP contribution in [0.4, 0.5) is 0 Å². The first kappa shape index (κ1) is 17.1. The molecule has 1 aromatic carbocycles. The first-order chi connectivity index (χ1) is 12.0. The lowest BCUT2D eigenvalue weighted by molar-refractivity contribution is 0.182. The zero-order valence-electron chi connectivity index (χ0n) is 13.5. The number of benzene rings is 1. The van der Waals surface area contributed by atoms with Crippen LogP contribution in [0.1, 0.15) is 5.56 Å². The van der Waals surface area contributed by atoms with Crippen LogP contribution < -0.4 is 0 Å². The van der Waals surface area contributed by atoms with Gasteiger partial charge in [-0.1, -0.05) is 29.8 Å². The van der Waals surface area contributed by atoms with Crippen molar-refractivity contribution in [3.63, 3.8) is 0 Å². The molecular weight excluding hydrogens is 378 g/mol. The van der Waals surface area contributed by atoms with E-state index in [4.69, 9.17) is 11.6 Å². The Bertz CT molecular complexity index is 988. The molecule has 1 N–H and O–H groups in total. The molecule has 0 radical (unpaired) electrons. The number of rotatable bonds is 4. The smallest absolute Gasteiger partial charge is 0.252 e. The molecule has 1 aliphatic rings. The second-order valence-electron chi connectivity index (χ2n) is 6.10. The third-order valence-corrected chi connectivity index (χ3v) is 8.14. The number of hydrogen-bond donors (Lipinski definition) is 1. The van der Waals surface area contributed by atoms with Gasteiger partial charge < -0.3 is 4.98 Å². The maximum absolute atomic E-state index is 12.7. The Morgan fingerprint density at radius 1 is 1.08 bits per heavy atom. The Morgan fingerprint density at radius 3 is 2.56 bits per heavy atom. The lowest BCUT2D eigenvalue weighted by Crippen LogP contribution is -2.48. The van der Waals surface area contributed by atoms with Crippen LogP contribution in [0.25, 0.3) is 10.9 Å². The Hall–Kier alpha value is -1.38. The quantitative estimate of drug-likeness (QED) is 0.736. The van der Waals surface area contributed by atoms with E-state index < -0.39 is 10.0 Å². The molecule has 1 fully saturated rings. The highest BCUT2D eigenvalue weighted by Gasteiger charge is 2.29. The van der Waals surface area contributed by atoms with Crippen LogP contribution in [0, 0.1) is 0 Å². The van der Waals surface area contributed by atoms with Gasteiger partial charge in [0.25, 0.3) is 10.0 Å². The van der Waals surface area contributed by atoms with Crippen molar-refractivity contribution in [1.29, 1.82) is 0 Å². The number of halogens is 1. The molecule has 0 unspecified atom stereocenters. The van der Waals surface area contributed by atoms with Crippen LogP contribution in [0.5, 0.6) is 0 Å². The molecular formula is C17H18ClN3O2S2. The highest BCUT2D eigenvalue weighted by Crippen LogP contribution is 2.29. The number of nitrogens with one attached hydrogen (secondary N) is 1. The minimum absolute atomic E-state index is 0.322. The third-order valence-electron chi connectivity index (χ3n) is 4.54. The van der Waals surface area contributed by atoms with Crippen molar-refractivity contribution in [2.75, 3.05) is 26.2 Å². The number of hydrogen-bond acceptors (Lipinski definition) is 4. The standard InChI is InChI=1S/C17H18ClN3O2S2/c18-16-5-6-17(24-16)25(22,23)21-9-7-20(8-10-21)12-13-11-19-15-4-2-1-3-14(13)15/h1-6,11,19H,7-10,12H2. The fourth-order valence-electron chi connectivity index (χ4n) is 3.19. The van der Waals surface area contributed by atoms with Gasteiger partial charge in [0, 0.05) is 49.8 Å². The van der Waals surface area contributed by atoms with Crippen LogP contribution in [-0.2, 0) is 16.6 Å². The monoisotopic (exact) mass is 395 g/mol. The van der Waals surface area contributed by atoms with Crippen molar-refractivity contribution in [2.24, 2.45) is 0 Å². The average molecular weight is 396 g/mol. The largest absolute Gasteiger partial charge is 0.361 e. The summed E-state index contributed by atoms with van der Waals surface area (Å²) in [5, 5.41) is 1.23. The maximum Gasteiger partial charge on any atom is 0.252 e. The van der Waals surface area contributed by atoms with Crippen LogP contribution in [0.3, 0.4) is 0 Å². The molecule has 0 aliphatic carbocycles. The second kappa shape index (κ2) is 6.74. The van der Waals surface area contributed by atoms with E-state index in [0.717, 1.165) is 36.5 Å². The molecule has 2 aromatic heterocycles. The van der Waals surface area contributed by atoms with Crippen molar-refractivity contribution in [2.45, 2.75) is 10.8 Å². The molecule has 0 atom stereocenters. The van der Waals surface area contributed by atoms with Gasteiger partial charge in [-0.15, -0.1) is 11.3 Å². The summed E-state index contributed by atoms with van der Waals surface area (Å²) in [6.07, 6.45) is 2.04. The molecule has 5 nitrogen and oxygen atoms in total. The van der Waals surface area contributed by atoms with Gasteiger partial charge in [0.1, 0.15) is 4.21 Å². The second-order valence-corrected chi connectivity index (χ2v) is 9.98. The maximum atomic E-state index is 12.7. The molecule has 0 amide bonds. The average Bonchev–Trinajstić information content (AvgIpc) is 3.23. The number of thiophene rings is 1. The van der Waals surface area contributed by atoms with E-state index in [0.29, 0.717) is 21.6 Å². The van der Waals surface area contributed by atoms with Crippen LogP contribution in [0.2, 0.25) is 4.34 Å². The summed E-state index contributed by atoms with van der Waals surface area (Å²) in [4.78, 5) is 5.59. The zero-order chi connectivity index (χ0) is 17.4. The fourth-order valence-corrected chi connectivity index (χ4v) is 6.25. The molecule has 4 rings (SSSR count). The van der Waals surface area contributed by atoms with Crippen molar-refractivity contribution in [1.82, 2.24) is 14.2 Å². The van der Waals surface area contributed by atoms with Gasteiger partial charge in [0.15, 0.2) is 0 Å². The minimum Gasteiger partial charge on any atom is -0.361 e. The number of H-pyrrole nitrogens is 1. The summed E-state index contributed by atoms with van der Waals surface area (Å²) in [5.41, 5.74) is 2.38. The molecule has 8 heteroatoms. The minimum atomic E-state index is -3.43. The van der Waals surface area contributed by atoms with E-state index in [9.17, 15) is 8.42 Å². The number of aromatic amines is 1. The van der Waals surface area contributed by atoms with Crippen molar-refractivity contribution < 1.29 is 8.42 Å². The summed E-state index contributed by atoms with van der Waals surface area (Å²) in [6, 6.07) is 11.4. The summed E-state index contributed by atoms with van der Waals surface area (Å²) in [6.45, 7) is 3.26. The van der Waals surface area contributed by atoms with Gasteiger partial charge in [-0.2, -0.15) is 4.31 Å². The van der Waals surface area contributed by atoms with Gasteiger partial charge >= 0.3 is 0 Å². The Morgan fingerprint density at radius 2 is 1.84 bits per heavy atom. The fraction of sp³-hybridized carbons (Fsp3) is 0.294. The number of para-hydroxylation sites is 1. The topological polar surface area (TPSA) is 56.4 Å². The van der Waals surface area contributed by atoms with E-state index in [2.05, 4.69) is 22.0 Å². The number of piperazine rings is 1. The van der Waals surface area contributed by atoms with Gasteiger partial charge in [-0.3, -0.25) is 4.90 Å². The molecule has 0 spiro atoms. The lowest BCUT2D eigenvalue weighted by atomic mass is 10.1. The Labute approximate surface area is 155 Å². The molecule has 25 heavy (non-hydrogen) atoms. The first-order valence-corrected chi connectivity index (χ1v) is 10.7. The third kappa shape index (κ3) is 3.35. The van der Waals surface area contributed by atoms with Crippen molar-refractivity contribution in [3.05, 3.63) is 52.5 Å². The molecule has 3 aromatic rings. The molecule has 1 aliphatic heterocycles. The number of fused-ring (bicyclic) bond motifs is 1. The van der Waals surface area contributed by atoms with E-state index in [-0.39, 0.29) is 0 Å². The normalized spacial score (nSPS) is 17.3. The molecule has 1 saturated heterocycles. The summed E-state index contributed by atoms with van der Waals surface area (Å²) >= 11 is 6.99. The molecule has 0 bridgehead atoms. The van der Waals surface area contributed by atoms with E-state index in [1.54, 1.807) is 16.4 Å².